The van der Waals surface area contributed by atoms with E-state index in [-0.39, 0.29) is 10.6 Å². The number of non-ortho nitro benzene ring substituents is 1. The summed E-state index contributed by atoms with van der Waals surface area (Å²) in [4.78, 5) is 14.7. The van der Waals surface area contributed by atoms with Gasteiger partial charge in [0.1, 0.15) is 0 Å². The molecule has 7 nitrogen and oxygen atoms in total. The first-order valence-corrected chi connectivity index (χ1v) is 11.0. The predicted octanol–water partition coefficient (Wildman–Crippen LogP) is 5.56. The van der Waals surface area contributed by atoms with Crippen LogP contribution in [0.25, 0.3) is 23.1 Å². The van der Waals surface area contributed by atoms with E-state index in [4.69, 9.17) is 4.55 Å². The van der Waals surface area contributed by atoms with Crippen molar-refractivity contribution in [3.63, 3.8) is 0 Å². The van der Waals surface area contributed by atoms with Gasteiger partial charge >= 0.3 is 0 Å². The van der Waals surface area contributed by atoms with Crippen molar-refractivity contribution in [1.82, 2.24) is 4.98 Å². The Labute approximate surface area is 185 Å². The smallest absolute Gasteiger partial charge is 0.282 e. The molecule has 0 aliphatic rings. The molecule has 1 heterocycles. The molecule has 32 heavy (non-hydrogen) atoms. The molecule has 0 saturated heterocycles. The maximum absolute atomic E-state index is 10.6. The number of fused-ring (bicyclic) bond motifs is 1. The van der Waals surface area contributed by atoms with Crippen molar-refractivity contribution in [1.29, 1.82) is 0 Å². The summed E-state index contributed by atoms with van der Waals surface area (Å²) in [5, 5.41) is 11.7. The van der Waals surface area contributed by atoms with E-state index in [0.717, 1.165) is 27.7 Å². The van der Waals surface area contributed by atoms with Gasteiger partial charge in [-0.1, -0.05) is 48.0 Å². The molecule has 0 aliphatic carbocycles. The number of pyridine rings is 1. The molecule has 1 N–H and O–H groups in total. The third-order valence-electron chi connectivity index (χ3n) is 4.49. The Morgan fingerprint density at radius 3 is 2.16 bits per heavy atom. The number of hydrogen-bond acceptors (Lipinski definition) is 5. The fraction of sp³-hybridized carbons (Fsp3) is 0.0417. The van der Waals surface area contributed by atoms with Gasteiger partial charge in [0.15, 0.2) is 0 Å². The lowest BCUT2D eigenvalue weighted by molar-refractivity contribution is -0.384. The Bertz CT molecular complexity index is 1360. The summed E-state index contributed by atoms with van der Waals surface area (Å²) < 4.78 is 29.6. The number of nitro benzene ring substituents is 1. The van der Waals surface area contributed by atoms with Crippen LogP contribution in [-0.4, -0.2) is 22.9 Å². The van der Waals surface area contributed by atoms with Gasteiger partial charge in [-0.2, -0.15) is 8.42 Å². The minimum atomic E-state index is -4.02. The standard InChI is InChI=1S/C17H12N2O2.C7H8O3S/c20-19(21)16-11-6-13(7-12-16)5-9-15-10-8-14-3-1-2-4-17(14)18-15;1-6-2-4-7(5-3-6)11(8,9)10/h1-12H;2-5H,1H3,(H,8,9,10)/b9-5+;. The third kappa shape index (κ3) is 6.31. The number of nitrogens with zero attached hydrogens (tertiary/aromatic N) is 2. The van der Waals surface area contributed by atoms with Gasteiger partial charge in [0.05, 0.1) is 21.0 Å². The van der Waals surface area contributed by atoms with Crippen LogP contribution in [0.4, 0.5) is 5.69 Å². The summed E-state index contributed by atoms with van der Waals surface area (Å²) in [7, 11) is -4.02. The molecule has 0 saturated carbocycles. The molecule has 0 atom stereocenters. The lowest BCUT2D eigenvalue weighted by atomic mass is 10.1. The molecule has 4 aromatic rings. The van der Waals surface area contributed by atoms with E-state index in [0.29, 0.717) is 0 Å². The van der Waals surface area contributed by atoms with Crippen LogP contribution in [0, 0.1) is 17.0 Å². The van der Waals surface area contributed by atoms with Crippen molar-refractivity contribution < 1.29 is 17.9 Å². The highest BCUT2D eigenvalue weighted by molar-refractivity contribution is 7.85. The van der Waals surface area contributed by atoms with Crippen LogP contribution in [0.5, 0.6) is 0 Å². The van der Waals surface area contributed by atoms with Gasteiger partial charge in [0.25, 0.3) is 15.8 Å². The average molecular weight is 449 g/mol. The molecule has 0 aliphatic heterocycles. The molecule has 0 unspecified atom stereocenters. The fourth-order valence-corrected chi connectivity index (χ4v) is 3.25. The largest absolute Gasteiger partial charge is 0.294 e. The zero-order valence-corrected chi connectivity index (χ0v) is 17.9. The summed E-state index contributed by atoms with van der Waals surface area (Å²) in [5.74, 6) is 0. The summed E-state index contributed by atoms with van der Waals surface area (Å²) in [6.45, 7) is 1.84. The first-order valence-electron chi connectivity index (χ1n) is 9.55. The topological polar surface area (TPSA) is 110 Å². The molecule has 8 heteroatoms. The van der Waals surface area contributed by atoms with Crippen molar-refractivity contribution in [3.05, 3.63) is 112 Å². The van der Waals surface area contributed by atoms with Crippen molar-refractivity contribution in [2.45, 2.75) is 11.8 Å². The Morgan fingerprint density at radius 1 is 0.875 bits per heavy atom. The zero-order valence-electron chi connectivity index (χ0n) is 17.1. The van der Waals surface area contributed by atoms with Gasteiger partial charge in [-0.05, 0) is 55.0 Å². The van der Waals surface area contributed by atoms with Gasteiger partial charge in [-0.25, -0.2) is 4.98 Å². The van der Waals surface area contributed by atoms with E-state index in [9.17, 15) is 18.5 Å². The molecule has 0 bridgehead atoms. The third-order valence-corrected chi connectivity index (χ3v) is 5.36. The van der Waals surface area contributed by atoms with Gasteiger partial charge in [-0.3, -0.25) is 14.7 Å². The van der Waals surface area contributed by atoms with E-state index in [1.54, 1.807) is 24.3 Å². The molecule has 0 spiro atoms. The number of para-hydroxylation sites is 1. The lowest BCUT2D eigenvalue weighted by Crippen LogP contribution is -1.96. The molecule has 0 fully saturated rings. The molecule has 1 aromatic heterocycles. The molecule has 0 radical (unpaired) electrons. The van der Waals surface area contributed by atoms with Crippen LogP contribution in [0.15, 0.2) is 89.8 Å². The SMILES string of the molecule is Cc1ccc(S(=O)(=O)O)cc1.O=[N+]([O-])c1ccc(/C=C/c2ccc3ccccc3n2)cc1. The summed E-state index contributed by atoms with van der Waals surface area (Å²) in [6, 6.07) is 24.3. The number of benzene rings is 3. The van der Waals surface area contributed by atoms with Gasteiger partial charge in [0, 0.05) is 17.5 Å². The zero-order chi connectivity index (χ0) is 23.1. The monoisotopic (exact) mass is 448 g/mol. The van der Waals surface area contributed by atoms with Crippen LogP contribution in [0.1, 0.15) is 16.8 Å². The molecule has 0 amide bonds. The summed E-state index contributed by atoms with van der Waals surface area (Å²) >= 11 is 0. The maximum atomic E-state index is 10.6. The highest BCUT2D eigenvalue weighted by Crippen LogP contribution is 2.16. The summed E-state index contributed by atoms with van der Waals surface area (Å²) in [6.07, 6.45) is 3.79. The van der Waals surface area contributed by atoms with Crippen molar-refractivity contribution in [3.8, 4) is 0 Å². The van der Waals surface area contributed by atoms with Crippen LogP contribution in [-0.2, 0) is 10.1 Å². The summed E-state index contributed by atoms with van der Waals surface area (Å²) in [5.41, 5.74) is 3.75. The molecular formula is C24H20N2O5S. The van der Waals surface area contributed by atoms with Gasteiger partial charge < -0.3 is 0 Å². The minimum Gasteiger partial charge on any atom is -0.282 e. The van der Waals surface area contributed by atoms with E-state index in [1.165, 1.54) is 24.3 Å². The molecule has 3 aromatic carbocycles. The fourth-order valence-electron chi connectivity index (χ4n) is 2.77. The van der Waals surface area contributed by atoms with E-state index in [2.05, 4.69) is 4.98 Å². The lowest BCUT2D eigenvalue weighted by Gasteiger charge is -1.98. The van der Waals surface area contributed by atoms with Crippen LogP contribution in [0.2, 0.25) is 0 Å². The number of nitro groups is 1. The van der Waals surface area contributed by atoms with Crippen molar-refractivity contribution in [2.75, 3.05) is 0 Å². The molecule has 162 valence electrons. The van der Waals surface area contributed by atoms with Gasteiger partial charge in [-0.15, -0.1) is 0 Å². The van der Waals surface area contributed by atoms with Crippen molar-refractivity contribution >= 4 is 38.9 Å². The second-order valence-electron chi connectivity index (χ2n) is 6.90. The molecular weight excluding hydrogens is 428 g/mol. The normalized spacial score (nSPS) is 11.2. The second kappa shape index (κ2) is 9.95. The Balaban J connectivity index is 0.000000222. The Kier molecular flexibility index (Phi) is 7.09. The van der Waals surface area contributed by atoms with Crippen LogP contribution < -0.4 is 0 Å². The second-order valence-corrected chi connectivity index (χ2v) is 8.32. The van der Waals surface area contributed by atoms with E-state index >= 15 is 0 Å². The van der Waals surface area contributed by atoms with Crippen molar-refractivity contribution in [2.24, 2.45) is 0 Å². The number of rotatable bonds is 4. The number of hydrogen-bond donors (Lipinski definition) is 1. The molecule has 4 rings (SSSR count). The predicted molar refractivity (Wildman–Crippen MR) is 125 cm³/mol. The Hall–Kier alpha value is -3.88. The van der Waals surface area contributed by atoms with E-state index < -0.39 is 15.0 Å². The highest BCUT2D eigenvalue weighted by Gasteiger charge is 2.07. The quantitative estimate of drug-likeness (QED) is 0.249. The first kappa shape index (κ1) is 22.8. The van der Waals surface area contributed by atoms with Crippen LogP contribution in [0.3, 0.4) is 0 Å². The number of aromatic nitrogens is 1. The van der Waals surface area contributed by atoms with Crippen LogP contribution >= 0.6 is 0 Å². The van der Waals surface area contributed by atoms with Gasteiger partial charge in [0.2, 0.25) is 0 Å². The average Bonchev–Trinajstić information content (AvgIpc) is 2.78. The highest BCUT2D eigenvalue weighted by atomic mass is 32.2. The Morgan fingerprint density at radius 2 is 1.53 bits per heavy atom. The minimum absolute atomic E-state index is 0.0666. The van der Waals surface area contributed by atoms with E-state index in [1.807, 2.05) is 55.5 Å². The number of aryl methyl sites for hydroxylation is 1. The maximum Gasteiger partial charge on any atom is 0.294 e. The first-order chi connectivity index (χ1) is 15.2.